The van der Waals surface area contributed by atoms with E-state index in [2.05, 4.69) is 60.7 Å². The van der Waals surface area contributed by atoms with E-state index in [4.69, 9.17) is 0 Å². The van der Waals surface area contributed by atoms with Crippen molar-refractivity contribution in [3.05, 3.63) is 199 Å². The number of aryl methyl sites for hydroxylation is 2. The number of carbonyl (C=O) groups excluding carboxylic acids is 4. The summed E-state index contributed by atoms with van der Waals surface area (Å²) in [6.45, 7) is 15.6. The lowest BCUT2D eigenvalue weighted by molar-refractivity contribution is 0.0686. The molecule has 0 saturated heterocycles. The Labute approximate surface area is 484 Å². The summed E-state index contributed by atoms with van der Waals surface area (Å²) in [6, 6.07) is 40.0. The maximum atomic E-state index is 14.9. The minimum atomic E-state index is -1.06. The summed E-state index contributed by atoms with van der Waals surface area (Å²) in [7, 11) is 0. The molecule has 0 aromatic heterocycles. The fourth-order valence-electron chi connectivity index (χ4n) is 14.5. The van der Waals surface area contributed by atoms with Crippen LogP contribution in [0.2, 0.25) is 0 Å². The number of nitrogens with zero attached hydrogens (tertiary/aromatic N) is 2. The lowest BCUT2D eigenvalue weighted by Gasteiger charge is -2.32. The number of hydrogen-bond acceptors (Lipinski definition) is 6. The molecule has 2 heterocycles. The first-order valence-electron chi connectivity index (χ1n) is 29.0. The molecule has 0 radical (unpaired) electrons. The Morgan fingerprint density at radius 3 is 0.857 bits per heavy atom. The third-order valence-corrected chi connectivity index (χ3v) is 18.6. The SMILES string of the molecule is CC(C)c1cc(C(=O)O)cc(C(C)C)c1N1C(=O)c2ccc3c4c(ccc(c24)C1=O)-c1cc2cc4c(cc2cc1-3)/C=C\c1cc2cc3c(cc2cc1CC4)-c1ccc2c4c(ccc-3c14)C(=O)N(c1c(C(C)C)cc(C(=O)O)cc1C(C)C)C2=O. The van der Waals surface area contributed by atoms with E-state index >= 15 is 0 Å². The summed E-state index contributed by atoms with van der Waals surface area (Å²) in [4.78, 5) is 86.6. The second kappa shape index (κ2) is 17.9. The number of aromatic carboxylic acids is 2. The number of amides is 4. The van der Waals surface area contributed by atoms with Gasteiger partial charge < -0.3 is 10.2 Å². The molecule has 0 fully saturated rings. The van der Waals surface area contributed by atoms with Crippen molar-refractivity contribution in [1.29, 1.82) is 0 Å². The number of carboxylic acids is 2. The molecular formula is C74H56N2O8. The molecule has 4 amide bonds. The van der Waals surface area contributed by atoms with Crippen molar-refractivity contribution in [2.24, 2.45) is 0 Å². The Balaban J connectivity index is 0.769. The Morgan fingerprint density at radius 2 is 0.595 bits per heavy atom. The number of hydrogen-bond donors (Lipinski definition) is 2. The molecule has 10 aromatic rings. The summed E-state index contributed by atoms with van der Waals surface area (Å²) < 4.78 is 0. The Hall–Kier alpha value is -9.80. The highest BCUT2D eigenvalue weighted by Crippen LogP contribution is 2.55. The van der Waals surface area contributed by atoms with Crippen molar-refractivity contribution in [3.8, 4) is 44.5 Å². The maximum absolute atomic E-state index is 14.9. The first kappa shape index (κ1) is 51.1. The van der Waals surface area contributed by atoms with Crippen molar-refractivity contribution >= 4 is 102 Å². The van der Waals surface area contributed by atoms with E-state index in [-0.39, 0.29) is 34.8 Å². The molecule has 10 aromatic carbocycles. The van der Waals surface area contributed by atoms with Gasteiger partial charge in [-0.1, -0.05) is 104 Å². The molecule has 0 bridgehead atoms. The lowest BCUT2D eigenvalue weighted by atomic mass is 9.86. The van der Waals surface area contributed by atoms with E-state index in [0.29, 0.717) is 66.7 Å². The molecule has 3 aliphatic carbocycles. The van der Waals surface area contributed by atoms with Crippen LogP contribution in [-0.4, -0.2) is 45.8 Å². The number of carboxylic acid groups (broad SMARTS) is 2. The molecule has 10 heteroatoms. The van der Waals surface area contributed by atoms with Crippen LogP contribution in [0.5, 0.6) is 0 Å². The number of benzene rings is 10. The van der Waals surface area contributed by atoms with Crippen LogP contribution in [0.3, 0.4) is 0 Å². The van der Waals surface area contributed by atoms with Crippen molar-refractivity contribution in [2.75, 3.05) is 9.80 Å². The monoisotopic (exact) mass is 1100 g/mol. The van der Waals surface area contributed by atoms with Crippen molar-refractivity contribution < 1.29 is 39.0 Å². The molecule has 0 spiro atoms. The molecular weight excluding hydrogens is 1040 g/mol. The predicted octanol–water partition coefficient (Wildman–Crippen LogP) is 17.4. The zero-order valence-corrected chi connectivity index (χ0v) is 47.7. The summed E-state index contributed by atoms with van der Waals surface area (Å²) in [6.07, 6.45) is 6.06. The standard InChI is InChI=1S/C74H56N2O8/c1-33(2)55-29-45(73(81)82)30-56(34(3)4)67(55)75-69(77)51-17-13-47-59-25-41-21-37-9-11-39-23-43-27-61-49-15-19-53-66-54(72(80)76(71(53)79)68-57(35(5)6)31-46(74(83)84)32-58(68)36(7)8)20-16-50(64(49)66)62(61)28-44(43)24-40(39)12-10-38(37)22-42(41)26-60(59)48-14-18-52(70(75)78)65(51)63(47)48/h9,11,13-36H,10,12H2,1-8H3,(H,81,82)(H,83,84)/b11-9-. The Kier molecular flexibility index (Phi) is 10.9. The molecule has 0 unspecified atom stereocenters. The van der Waals surface area contributed by atoms with Gasteiger partial charge in [0.1, 0.15) is 0 Å². The second-order valence-electron chi connectivity index (χ2n) is 24.7. The number of rotatable bonds is 8. The van der Waals surface area contributed by atoms with Crippen LogP contribution in [0.4, 0.5) is 11.4 Å². The number of fused-ring (bicyclic) bond motifs is 10. The van der Waals surface area contributed by atoms with E-state index in [9.17, 15) is 39.0 Å². The maximum Gasteiger partial charge on any atom is 0.335 e. The van der Waals surface area contributed by atoms with E-state index in [1.165, 1.54) is 20.9 Å². The van der Waals surface area contributed by atoms with Gasteiger partial charge >= 0.3 is 11.9 Å². The molecule has 84 heavy (non-hydrogen) atoms. The topological polar surface area (TPSA) is 149 Å². The minimum Gasteiger partial charge on any atom is -0.478 e. The molecule has 0 atom stereocenters. The van der Waals surface area contributed by atoms with Crippen LogP contribution in [0.25, 0.3) is 99.7 Å². The van der Waals surface area contributed by atoms with Crippen LogP contribution in [-0.2, 0) is 12.8 Å². The number of imide groups is 2. The first-order chi connectivity index (χ1) is 40.3. The van der Waals surface area contributed by atoms with Gasteiger partial charge in [0.2, 0.25) is 0 Å². The van der Waals surface area contributed by atoms with Gasteiger partial charge in [-0.3, -0.25) is 19.2 Å². The highest BCUT2D eigenvalue weighted by atomic mass is 16.4. The summed E-state index contributed by atoms with van der Waals surface area (Å²) in [5, 5.41) is 27.5. The predicted molar refractivity (Wildman–Crippen MR) is 334 cm³/mol. The van der Waals surface area contributed by atoms with E-state index in [1.54, 1.807) is 24.3 Å². The van der Waals surface area contributed by atoms with Crippen LogP contribution >= 0.6 is 0 Å². The van der Waals surface area contributed by atoms with Gasteiger partial charge in [0.15, 0.2) is 0 Å². The van der Waals surface area contributed by atoms with Gasteiger partial charge in [0.05, 0.1) is 22.5 Å². The lowest BCUT2D eigenvalue weighted by Crippen LogP contribution is -2.42. The Morgan fingerprint density at radius 1 is 0.345 bits per heavy atom. The second-order valence-corrected chi connectivity index (χ2v) is 24.7. The van der Waals surface area contributed by atoms with E-state index in [0.717, 1.165) is 101 Å². The van der Waals surface area contributed by atoms with Gasteiger partial charge in [-0.2, -0.15) is 0 Å². The highest BCUT2D eigenvalue weighted by Gasteiger charge is 2.42. The fraction of sp³-hybridized carbons (Fsp3) is 0.189. The van der Waals surface area contributed by atoms with Crippen molar-refractivity contribution in [2.45, 2.75) is 91.9 Å². The van der Waals surface area contributed by atoms with Crippen LogP contribution in [0, 0.1) is 0 Å². The van der Waals surface area contributed by atoms with Crippen LogP contribution < -0.4 is 9.80 Å². The van der Waals surface area contributed by atoms with E-state index < -0.39 is 35.6 Å². The number of anilines is 2. The summed E-state index contributed by atoms with van der Waals surface area (Å²) >= 11 is 0. The molecule has 0 saturated carbocycles. The third-order valence-electron chi connectivity index (χ3n) is 18.6. The van der Waals surface area contributed by atoms with Gasteiger partial charge in [-0.05, 0) is 243 Å². The smallest absolute Gasteiger partial charge is 0.335 e. The molecule has 410 valence electrons. The largest absolute Gasteiger partial charge is 0.478 e. The molecule has 2 N–H and O–H groups in total. The Bertz CT molecular complexity index is 4490. The first-order valence-corrected chi connectivity index (χ1v) is 29.0. The van der Waals surface area contributed by atoms with Gasteiger partial charge in [-0.25, -0.2) is 19.4 Å². The quantitative estimate of drug-likeness (QED) is 0.143. The summed E-state index contributed by atoms with van der Waals surface area (Å²) in [5.74, 6) is -4.46. The van der Waals surface area contributed by atoms with Gasteiger partial charge in [-0.15, -0.1) is 0 Å². The zero-order chi connectivity index (χ0) is 58.4. The van der Waals surface area contributed by atoms with Crippen LogP contribution in [0.15, 0.2) is 121 Å². The van der Waals surface area contributed by atoms with Gasteiger partial charge in [0, 0.05) is 33.0 Å². The minimum absolute atomic E-state index is 0.126. The average Bonchev–Trinajstić information content (AvgIpc) is 2.07. The third kappa shape index (κ3) is 7.03. The zero-order valence-electron chi connectivity index (χ0n) is 47.7. The molecule has 15 rings (SSSR count). The molecule has 10 nitrogen and oxygen atoms in total. The molecule has 2 aliphatic heterocycles. The summed E-state index contributed by atoms with van der Waals surface area (Å²) in [5.41, 5.74) is 18.3. The fourth-order valence-corrected chi connectivity index (χ4v) is 14.5. The van der Waals surface area contributed by atoms with E-state index in [1.807, 2.05) is 104 Å². The van der Waals surface area contributed by atoms with Crippen molar-refractivity contribution in [3.63, 3.8) is 0 Å². The van der Waals surface area contributed by atoms with Crippen molar-refractivity contribution in [1.82, 2.24) is 0 Å². The van der Waals surface area contributed by atoms with Crippen LogP contribution in [0.1, 0.15) is 186 Å². The number of carbonyl (C=O) groups is 6. The van der Waals surface area contributed by atoms with Gasteiger partial charge in [0.25, 0.3) is 23.6 Å². The average molecular weight is 1100 g/mol. The molecule has 5 aliphatic rings. The highest BCUT2D eigenvalue weighted by molar-refractivity contribution is 6.40. The normalized spacial score (nSPS) is 14.9.